The lowest BCUT2D eigenvalue weighted by Crippen LogP contribution is -2.53. The molecule has 0 radical (unpaired) electrons. The quantitative estimate of drug-likeness (QED) is 0.156. The van der Waals surface area contributed by atoms with Crippen molar-refractivity contribution in [2.45, 2.75) is 36.2 Å². The molecule has 0 unspecified atom stereocenters. The zero-order valence-electron chi connectivity index (χ0n) is 18.1. The third-order valence-electron chi connectivity index (χ3n) is 4.70. The van der Waals surface area contributed by atoms with Gasteiger partial charge in [0.25, 0.3) is 0 Å². The minimum atomic E-state index is -4.28. The van der Waals surface area contributed by atoms with Crippen LogP contribution in [0.4, 0.5) is 4.39 Å². The maximum atomic E-state index is 13.5. The van der Waals surface area contributed by atoms with Crippen molar-refractivity contribution < 1.29 is 22.4 Å². The Morgan fingerprint density at radius 2 is 1.74 bits per heavy atom. The SMILES string of the molecule is NC(=O)[C@H](Cc1ccccc1)NC(=O)[C@H](CCCN=C(N)N)NS(=O)(=O)c1ccc(F)c(Cl)c1. The molecule has 2 amide bonds. The Balaban J connectivity index is 2.23. The van der Waals surface area contributed by atoms with Gasteiger partial charge in [0.2, 0.25) is 21.8 Å². The molecule has 0 fully saturated rings. The van der Waals surface area contributed by atoms with Crippen LogP contribution in [0.1, 0.15) is 18.4 Å². The molecule has 2 aromatic carbocycles. The maximum absolute atomic E-state index is 13.5. The number of hydrogen-bond acceptors (Lipinski definition) is 5. The molecule has 0 heterocycles. The van der Waals surface area contributed by atoms with Gasteiger partial charge in [-0.2, -0.15) is 4.72 Å². The minimum absolute atomic E-state index is 0.00636. The van der Waals surface area contributed by atoms with Crippen LogP contribution in [0.3, 0.4) is 0 Å². The van der Waals surface area contributed by atoms with Gasteiger partial charge in [-0.25, -0.2) is 12.8 Å². The number of aliphatic imine (C=N–C) groups is 1. The summed E-state index contributed by atoms with van der Waals surface area (Å²) in [6, 6.07) is 9.30. The average Bonchev–Trinajstić information content (AvgIpc) is 2.77. The summed E-state index contributed by atoms with van der Waals surface area (Å²) in [6.45, 7) is 0.138. The molecule has 13 heteroatoms. The largest absolute Gasteiger partial charge is 0.370 e. The molecule has 0 aromatic heterocycles. The molecule has 2 rings (SSSR count). The summed E-state index contributed by atoms with van der Waals surface area (Å²) in [6.07, 6.45) is 0.346. The van der Waals surface area contributed by atoms with Crippen LogP contribution < -0.4 is 27.2 Å². The summed E-state index contributed by atoms with van der Waals surface area (Å²) < 4.78 is 41.4. The summed E-state index contributed by atoms with van der Waals surface area (Å²) in [4.78, 5) is 28.4. The number of primary amides is 1. The monoisotopic (exact) mass is 512 g/mol. The van der Waals surface area contributed by atoms with Gasteiger partial charge in [0, 0.05) is 13.0 Å². The summed E-state index contributed by atoms with van der Waals surface area (Å²) in [5.74, 6) is -2.51. The summed E-state index contributed by atoms with van der Waals surface area (Å²) in [5.41, 5.74) is 16.8. The smallest absolute Gasteiger partial charge is 0.241 e. The molecule has 0 aliphatic carbocycles. The fraction of sp³-hybridized carbons (Fsp3) is 0.286. The predicted molar refractivity (Wildman–Crippen MR) is 127 cm³/mol. The van der Waals surface area contributed by atoms with Gasteiger partial charge < -0.3 is 22.5 Å². The van der Waals surface area contributed by atoms with Crippen LogP contribution in [0.2, 0.25) is 5.02 Å². The third-order valence-corrected chi connectivity index (χ3v) is 6.46. The molecule has 0 aliphatic rings. The third kappa shape index (κ3) is 8.28. The average molecular weight is 513 g/mol. The fourth-order valence-corrected chi connectivity index (χ4v) is 4.49. The summed E-state index contributed by atoms with van der Waals surface area (Å²) in [7, 11) is -4.28. The second-order valence-electron chi connectivity index (χ2n) is 7.35. The molecular weight excluding hydrogens is 487 g/mol. The van der Waals surface area contributed by atoms with E-state index in [1.807, 2.05) is 0 Å². The lowest BCUT2D eigenvalue weighted by Gasteiger charge is -2.22. The van der Waals surface area contributed by atoms with Gasteiger partial charge in [-0.15, -0.1) is 0 Å². The Labute approximate surface area is 201 Å². The van der Waals surface area contributed by atoms with E-state index in [4.69, 9.17) is 28.8 Å². The normalized spacial score (nSPS) is 13.0. The van der Waals surface area contributed by atoms with Gasteiger partial charge in [-0.05, 0) is 36.6 Å². The molecule has 0 aliphatic heterocycles. The Bertz CT molecular complexity index is 1140. The molecule has 34 heavy (non-hydrogen) atoms. The first-order valence-electron chi connectivity index (χ1n) is 10.2. The molecule has 0 bridgehead atoms. The van der Waals surface area contributed by atoms with Crippen LogP contribution in [-0.4, -0.2) is 44.8 Å². The minimum Gasteiger partial charge on any atom is -0.370 e. The Kier molecular flexibility index (Phi) is 9.78. The van der Waals surface area contributed by atoms with Crippen LogP contribution in [0.15, 0.2) is 58.4 Å². The van der Waals surface area contributed by atoms with Crippen LogP contribution in [0.5, 0.6) is 0 Å². The van der Waals surface area contributed by atoms with Crippen LogP contribution in [0.25, 0.3) is 0 Å². The number of benzene rings is 2. The van der Waals surface area contributed by atoms with Crippen molar-refractivity contribution in [3.63, 3.8) is 0 Å². The number of sulfonamides is 1. The molecular formula is C21H26ClFN6O4S. The maximum Gasteiger partial charge on any atom is 0.241 e. The predicted octanol–water partition coefficient (Wildman–Crippen LogP) is 0.392. The lowest BCUT2D eigenvalue weighted by atomic mass is 10.0. The highest BCUT2D eigenvalue weighted by atomic mass is 35.5. The number of rotatable bonds is 12. The van der Waals surface area contributed by atoms with E-state index in [0.29, 0.717) is 0 Å². The number of carbonyl (C=O) groups excluding carboxylic acids is 2. The second-order valence-corrected chi connectivity index (χ2v) is 9.47. The van der Waals surface area contributed by atoms with E-state index in [9.17, 15) is 22.4 Å². The lowest BCUT2D eigenvalue weighted by molar-refractivity contribution is -0.128. The highest BCUT2D eigenvalue weighted by molar-refractivity contribution is 7.89. The van der Waals surface area contributed by atoms with Gasteiger partial charge in [-0.1, -0.05) is 41.9 Å². The number of nitrogens with one attached hydrogen (secondary N) is 2. The first-order valence-corrected chi connectivity index (χ1v) is 12.0. The second kappa shape index (κ2) is 12.3. The van der Waals surface area contributed by atoms with E-state index in [-0.39, 0.29) is 36.7 Å². The molecule has 184 valence electrons. The summed E-state index contributed by atoms with van der Waals surface area (Å²) >= 11 is 5.70. The molecule has 2 aromatic rings. The van der Waals surface area contributed by atoms with Crippen LogP contribution in [0, 0.1) is 5.82 Å². The van der Waals surface area contributed by atoms with Crippen molar-refractivity contribution in [3.05, 3.63) is 64.9 Å². The highest BCUT2D eigenvalue weighted by Gasteiger charge is 2.29. The van der Waals surface area contributed by atoms with Crippen molar-refractivity contribution in [1.29, 1.82) is 0 Å². The van der Waals surface area contributed by atoms with Crippen molar-refractivity contribution >= 4 is 39.4 Å². The van der Waals surface area contributed by atoms with Gasteiger partial charge in [-0.3, -0.25) is 14.6 Å². The Morgan fingerprint density at radius 3 is 2.32 bits per heavy atom. The number of nitrogens with zero attached hydrogens (tertiary/aromatic N) is 1. The highest BCUT2D eigenvalue weighted by Crippen LogP contribution is 2.20. The molecule has 0 spiro atoms. The molecule has 10 nitrogen and oxygen atoms in total. The first-order chi connectivity index (χ1) is 16.0. The van der Waals surface area contributed by atoms with Crippen LogP contribution >= 0.6 is 11.6 Å². The Morgan fingerprint density at radius 1 is 1.06 bits per heavy atom. The van der Waals surface area contributed by atoms with E-state index in [1.165, 1.54) is 0 Å². The number of halogens is 2. The molecule has 0 saturated carbocycles. The van der Waals surface area contributed by atoms with Gasteiger partial charge in [0.1, 0.15) is 17.9 Å². The molecule has 2 atom stereocenters. The van der Waals surface area contributed by atoms with E-state index in [1.54, 1.807) is 30.3 Å². The van der Waals surface area contributed by atoms with Crippen molar-refractivity contribution in [1.82, 2.24) is 10.0 Å². The van der Waals surface area contributed by atoms with E-state index in [0.717, 1.165) is 23.8 Å². The van der Waals surface area contributed by atoms with Crippen LogP contribution in [-0.2, 0) is 26.0 Å². The van der Waals surface area contributed by atoms with Crippen molar-refractivity contribution in [2.24, 2.45) is 22.2 Å². The van der Waals surface area contributed by atoms with Gasteiger partial charge in [0.05, 0.1) is 9.92 Å². The number of hydrogen-bond donors (Lipinski definition) is 5. The number of amides is 2. The molecule has 8 N–H and O–H groups in total. The van der Waals surface area contributed by atoms with Crippen molar-refractivity contribution in [3.8, 4) is 0 Å². The summed E-state index contributed by atoms with van der Waals surface area (Å²) in [5, 5.41) is 2.10. The van der Waals surface area contributed by atoms with E-state index < -0.39 is 44.8 Å². The van der Waals surface area contributed by atoms with Gasteiger partial charge >= 0.3 is 0 Å². The van der Waals surface area contributed by atoms with E-state index >= 15 is 0 Å². The van der Waals surface area contributed by atoms with E-state index in [2.05, 4.69) is 15.0 Å². The zero-order chi connectivity index (χ0) is 25.3. The number of guanidine groups is 1. The Hall–Kier alpha value is -3.22. The first kappa shape index (κ1) is 27.0. The number of carbonyl (C=O) groups is 2. The topological polar surface area (TPSA) is 183 Å². The van der Waals surface area contributed by atoms with Gasteiger partial charge in [0.15, 0.2) is 5.96 Å². The van der Waals surface area contributed by atoms with Crippen molar-refractivity contribution in [2.75, 3.05) is 6.54 Å². The fourth-order valence-electron chi connectivity index (χ4n) is 2.99. The standard InChI is InChI=1S/C21H26ClFN6O4S/c22-15-12-14(8-9-16(15)23)34(32,33)29-17(7-4-10-27-21(25)26)20(31)28-18(19(24)30)11-13-5-2-1-3-6-13/h1-3,5-6,8-9,12,17-18,29H,4,7,10-11H2,(H2,24,30)(H,28,31)(H4,25,26,27)/t17-,18-/m0/s1. The molecule has 0 saturated heterocycles. The number of nitrogens with two attached hydrogens (primary N) is 3. The zero-order valence-corrected chi connectivity index (χ0v) is 19.7.